The number of nitrogens with zero attached hydrogens (tertiary/aromatic N) is 2. The molecule has 1 rings (SSSR count). The normalized spacial score (nSPS) is 12.2. The molecule has 0 bridgehead atoms. The highest BCUT2D eigenvalue weighted by atomic mass is 127. The second-order valence-electron chi connectivity index (χ2n) is 6.38. The standard InChI is InChI=1S/C16H30N4S.HI/c1-7-12(8-2)9-18-15(17-6)19-10-13-11-21-14(20-13)16(3,4)5;/h11-12H,7-10H2,1-6H3,(H2,17,18,19);1H. The molecule has 0 saturated carbocycles. The smallest absolute Gasteiger partial charge is 0.191 e. The highest BCUT2D eigenvalue weighted by Crippen LogP contribution is 2.25. The van der Waals surface area contributed by atoms with Crippen LogP contribution in [0.5, 0.6) is 0 Å². The van der Waals surface area contributed by atoms with Crippen LogP contribution >= 0.6 is 35.3 Å². The molecule has 0 spiro atoms. The maximum Gasteiger partial charge on any atom is 0.191 e. The van der Waals surface area contributed by atoms with Crippen molar-refractivity contribution in [3.63, 3.8) is 0 Å². The summed E-state index contributed by atoms with van der Waals surface area (Å²) in [4.78, 5) is 8.96. The third-order valence-electron chi connectivity index (χ3n) is 3.57. The van der Waals surface area contributed by atoms with Crippen LogP contribution in [0.2, 0.25) is 0 Å². The van der Waals surface area contributed by atoms with Gasteiger partial charge in [-0.15, -0.1) is 35.3 Å². The number of thiazole rings is 1. The molecule has 0 amide bonds. The maximum absolute atomic E-state index is 4.69. The van der Waals surface area contributed by atoms with Crippen molar-refractivity contribution in [1.82, 2.24) is 15.6 Å². The summed E-state index contributed by atoms with van der Waals surface area (Å²) in [5, 5.41) is 10.0. The van der Waals surface area contributed by atoms with Crippen molar-refractivity contribution in [1.29, 1.82) is 0 Å². The first-order valence-corrected chi connectivity index (χ1v) is 8.68. The van der Waals surface area contributed by atoms with E-state index in [-0.39, 0.29) is 29.4 Å². The van der Waals surface area contributed by atoms with Crippen LogP contribution in [-0.2, 0) is 12.0 Å². The number of nitrogens with one attached hydrogen (secondary N) is 2. The van der Waals surface area contributed by atoms with E-state index < -0.39 is 0 Å². The lowest BCUT2D eigenvalue weighted by Crippen LogP contribution is -2.39. The lowest BCUT2D eigenvalue weighted by molar-refractivity contribution is 0.481. The highest BCUT2D eigenvalue weighted by molar-refractivity contribution is 14.0. The van der Waals surface area contributed by atoms with E-state index in [1.165, 1.54) is 17.8 Å². The predicted octanol–water partition coefficient (Wildman–Crippen LogP) is 4.16. The van der Waals surface area contributed by atoms with Gasteiger partial charge in [-0.2, -0.15) is 0 Å². The fourth-order valence-electron chi connectivity index (χ4n) is 1.95. The molecule has 128 valence electrons. The summed E-state index contributed by atoms with van der Waals surface area (Å²) in [5.74, 6) is 1.56. The first-order valence-electron chi connectivity index (χ1n) is 7.80. The zero-order chi connectivity index (χ0) is 15.9. The summed E-state index contributed by atoms with van der Waals surface area (Å²) in [6.45, 7) is 12.7. The van der Waals surface area contributed by atoms with Gasteiger partial charge in [0.2, 0.25) is 0 Å². The average molecular weight is 438 g/mol. The Morgan fingerprint density at radius 2 is 1.91 bits per heavy atom. The summed E-state index contributed by atoms with van der Waals surface area (Å²) >= 11 is 1.73. The van der Waals surface area contributed by atoms with Gasteiger partial charge in [0, 0.05) is 24.4 Å². The molecule has 1 aromatic rings. The number of halogens is 1. The van der Waals surface area contributed by atoms with Crippen LogP contribution < -0.4 is 10.6 Å². The molecular weight excluding hydrogens is 407 g/mol. The molecule has 0 atom stereocenters. The van der Waals surface area contributed by atoms with E-state index >= 15 is 0 Å². The minimum Gasteiger partial charge on any atom is -0.356 e. The Balaban J connectivity index is 0.00000441. The molecule has 0 unspecified atom stereocenters. The SMILES string of the molecule is CCC(CC)CNC(=NC)NCc1csc(C(C)(C)C)n1.I. The van der Waals surface area contributed by atoms with E-state index in [2.05, 4.69) is 60.6 Å². The van der Waals surface area contributed by atoms with Gasteiger partial charge in [-0.05, 0) is 5.92 Å². The Morgan fingerprint density at radius 3 is 2.36 bits per heavy atom. The summed E-state index contributed by atoms with van der Waals surface area (Å²) in [5.41, 5.74) is 1.20. The van der Waals surface area contributed by atoms with Crippen molar-refractivity contribution in [2.45, 2.75) is 59.4 Å². The topological polar surface area (TPSA) is 49.3 Å². The quantitative estimate of drug-likeness (QED) is 0.399. The van der Waals surface area contributed by atoms with Crippen LogP contribution in [-0.4, -0.2) is 24.5 Å². The molecule has 0 aliphatic heterocycles. The molecule has 1 aromatic heterocycles. The molecule has 6 heteroatoms. The first kappa shape index (κ1) is 21.6. The van der Waals surface area contributed by atoms with Crippen LogP contribution in [0.4, 0.5) is 0 Å². The van der Waals surface area contributed by atoms with E-state index in [1.807, 2.05) is 7.05 Å². The summed E-state index contributed by atoms with van der Waals surface area (Å²) in [6, 6.07) is 0. The van der Waals surface area contributed by atoms with E-state index in [0.717, 1.165) is 24.7 Å². The summed E-state index contributed by atoms with van der Waals surface area (Å²) in [7, 11) is 1.81. The van der Waals surface area contributed by atoms with Crippen molar-refractivity contribution < 1.29 is 0 Å². The molecule has 0 aromatic carbocycles. The van der Waals surface area contributed by atoms with E-state index in [4.69, 9.17) is 0 Å². The largest absolute Gasteiger partial charge is 0.356 e. The maximum atomic E-state index is 4.69. The third-order valence-corrected chi connectivity index (χ3v) is 4.88. The van der Waals surface area contributed by atoms with Gasteiger partial charge < -0.3 is 10.6 Å². The molecule has 0 aliphatic rings. The van der Waals surface area contributed by atoms with Gasteiger partial charge in [-0.1, -0.05) is 47.5 Å². The van der Waals surface area contributed by atoms with Crippen molar-refractivity contribution in [3.05, 3.63) is 16.1 Å². The van der Waals surface area contributed by atoms with Crippen molar-refractivity contribution in [2.75, 3.05) is 13.6 Å². The predicted molar refractivity (Wildman–Crippen MR) is 109 cm³/mol. The summed E-state index contributed by atoms with van der Waals surface area (Å²) < 4.78 is 0. The minimum absolute atomic E-state index is 0. The number of aliphatic imine (C=N–C) groups is 1. The van der Waals surface area contributed by atoms with Gasteiger partial charge >= 0.3 is 0 Å². The number of aromatic nitrogens is 1. The van der Waals surface area contributed by atoms with Crippen LogP contribution in [0.1, 0.15) is 58.2 Å². The highest BCUT2D eigenvalue weighted by Gasteiger charge is 2.17. The van der Waals surface area contributed by atoms with E-state index in [1.54, 1.807) is 11.3 Å². The van der Waals surface area contributed by atoms with E-state index in [9.17, 15) is 0 Å². The second-order valence-corrected chi connectivity index (χ2v) is 7.24. The molecular formula is C16H31IN4S. The average Bonchev–Trinajstić information content (AvgIpc) is 2.92. The second kappa shape index (κ2) is 10.4. The fourth-order valence-corrected chi connectivity index (χ4v) is 2.85. The van der Waals surface area contributed by atoms with Crippen molar-refractivity contribution in [2.24, 2.45) is 10.9 Å². The number of hydrogen-bond acceptors (Lipinski definition) is 3. The Bertz CT molecular complexity index is 447. The molecule has 0 aliphatic carbocycles. The molecule has 0 fully saturated rings. The number of hydrogen-bond donors (Lipinski definition) is 2. The van der Waals surface area contributed by atoms with Crippen molar-refractivity contribution >= 4 is 41.3 Å². The molecule has 4 nitrogen and oxygen atoms in total. The molecule has 2 N–H and O–H groups in total. The number of rotatable bonds is 6. The molecule has 0 saturated heterocycles. The van der Waals surface area contributed by atoms with Gasteiger partial charge in [-0.25, -0.2) is 4.98 Å². The lowest BCUT2D eigenvalue weighted by atomic mass is 9.98. The zero-order valence-electron chi connectivity index (χ0n) is 14.7. The Morgan fingerprint density at radius 1 is 1.27 bits per heavy atom. The van der Waals surface area contributed by atoms with Crippen LogP contribution in [0.25, 0.3) is 0 Å². The molecule has 1 heterocycles. The lowest BCUT2D eigenvalue weighted by Gasteiger charge is -2.16. The molecule has 0 radical (unpaired) electrons. The van der Waals surface area contributed by atoms with Crippen LogP contribution in [0.3, 0.4) is 0 Å². The molecule has 22 heavy (non-hydrogen) atoms. The third kappa shape index (κ3) is 7.26. The van der Waals surface area contributed by atoms with Gasteiger partial charge in [0.1, 0.15) is 0 Å². The monoisotopic (exact) mass is 438 g/mol. The Hall–Kier alpha value is -0.370. The van der Waals surface area contributed by atoms with Gasteiger partial charge in [0.25, 0.3) is 0 Å². The van der Waals surface area contributed by atoms with Gasteiger partial charge in [0.15, 0.2) is 5.96 Å². The van der Waals surface area contributed by atoms with Gasteiger partial charge in [0.05, 0.1) is 17.2 Å². The number of guanidine groups is 1. The van der Waals surface area contributed by atoms with Crippen molar-refractivity contribution in [3.8, 4) is 0 Å². The minimum atomic E-state index is 0. The Kier molecular flexibility index (Phi) is 10.2. The van der Waals surface area contributed by atoms with E-state index in [0.29, 0.717) is 5.92 Å². The Labute approximate surface area is 156 Å². The van der Waals surface area contributed by atoms with Crippen LogP contribution in [0.15, 0.2) is 10.4 Å². The van der Waals surface area contributed by atoms with Gasteiger partial charge in [-0.3, -0.25) is 4.99 Å². The zero-order valence-corrected chi connectivity index (χ0v) is 17.8. The first-order chi connectivity index (χ1) is 9.90. The summed E-state index contributed by atoms with van der Waals surface area (Å²) in [6.07, 6.45) is 2.39. The van der Waals surface area contributed by atoms with Crippen LogP contribution in [0, 0.1) is 5.92 Å². The fraction of sp³-hybridized carbons (Fsp3) is 0.750.